The molecule has 0 N–H and O–H groups in total. The summed E-state index contributed by atoms with van der Waals surface area (Å²) in [7, 11) is 1.34. The number of thiazole rings is 1. The molecule has 3 heterocycles. The van der Waals surface area contributed by atoms with Crippen LogP contribution in [0.15, 0.2) is 116 Å². The highest BCUT2D eigenvalue weighted by Crippen LogP contribution is 2.35. The summed E-state index contributed by atoms with van der Waals surface area (Å²) < 4.78 is 18.4. The molecule has 6 rings (SSSR count). The van der Waals surface area contributed by atoms with Crippen molar-refractivity contribution in [2.24, 2.45) is 4.99 Å². The SMILES string of the molecule is CCOC(=O)C1=C(c2ccccc2)N=c2s/c(=C\c3ccc(-c4ccc(C(=O)OC)cc4)o3)c(=O)n2C1c1ccc(SC)cc1. The van der Waals surface area contributed by atoms with Gasteiger partial charge in [0, 0.05) is 22.1 Å². The lowest BCUT2D eigenvalue weighted by molar-refractivity contribution is -0.138. The maximum atomic E-state index is 14.1. The van der Waals surface area contributed by atoms with Crippen LogP contribution in [0.2, 0.25) is 0 Å². The zero-order valence-electron chi connectivity index (χ0n) is 24.7. The van der Waals surface area contributed by atoms with Crippen LogP contribution in [0.5, 0.6) is 0 Å². The lowest BCUT2D eigenvalue weighted by Crippen LogP contribution is -2.40. The second-order valence-corrected chi connectivity index (χ2v) is 11.9. The van der Waals surface area contributed by atoms with E-state index in [4.69, 9.17) is 18.9 Å². The summed E-state index contributed by atoms with van der Waals surface area (Å²) in [6, 6.07) is 27.0. The van der Waals surface area contributed by atoms with Crippen molar-refractivity contribution in [1.82, 2.24) is 4.57 Å². The number of hydrogen-bond donors (Lipinski definition) is 0. The molecule has 0 bridgehead atoms. The molecule has 0 radical (unpaired) electrons. The van der Waals surface area contributed by atoms with E-state index < -0.39 is 18.0 Å². The number of nitrogens with zero attached hydrogens (tertiary/aromatic N) is 2. The Kier molecular flexibility index (Phi) is 8.68. The molecule has 226 valence electrons. The molecule has 1 atom stereocenters. The van der Waals surface area contributed by atoms with Crippen molar-refractivity contribution in [3.8, 4) is 11.3 Å². The predicted molar refractivity (Wildman–Crippen MR) is 175 cm³/mol. The Bertz CT molecular complexity index is 2090. The third-order valence-electron chi connectivity index (χ3n) is 7.30. The van der Waals surface area contributed by atoms with Crippen molar-refractivity contribution in [3.63, 3.8) is 0 Å². The first-order chi connectivity index (χ1) is 21.9. The molecule has 0 aliphatic carbocycles. The van der Waals surface area contributed by atoms with Gasteiger partial charge in [-0.05, 0) is 55.1 Å². The number of furan rings is 1. The van der Waals surface area contributed by atoms with Gasteiger partial charge in [0.15, 0.2) is 4.80 Å². The zero-order valence-corrected chi connectivity index (χ0v) is 26.3. The van der Waals surface area contributed by atoms with Crippen LogP contribution in [0.3, 0.4) is 0 Å². The highest BCUT2D eigenvalue weighted by Gasteiger charge is 2.35. The fourth-order valence-corrected chi connectivity index (χ4v) is 6.53. The number of benzene rings is 3. The molecule has 5 aromatic rings. The van der Waals surface area contributed by atoms with Crippen molar-refractivity contribution in [1.29, 1.82) is 0 Å². The second-order valence-electron chi connectivity index (χ2n) is 9.98. The van der Waals surface area contributed by atoms with E-state index in [1.54, 1.807) is 65.7 Å². The lowest BCUT2D eigenvalue weighted by Gasteiger charge is -2.26. The molecule has 1 aliphatic heterocycles. The van der Waals surface area contributed by atoms with Crippen molar-refractivity contribution >= 4 is 46.8 Å². The minimum Gasteiger partial charge on any atom is -0.465 e. The number of carbonyl (C=O) groups excluding carboxylic acids is 2. The first-order valence-electron chi connectivity index (χ1n) is 14.1. The van der Waals surface area contributed by atoms with Gasteiger partial charge in [-0.2, -0.15) is 0 Å². The van der Waals surface area contributed by atoms with E-state index in [1.165, 1.54) is 18.4 Å². The molecule has 0 saturated carbocycles. The van der Waals surface area contributed by atoms with Gasteiger partial charge in [0.2, 0.25) is 0 Å². The topological polar surface area (TPSA) is 100 Å². The smallest absolute Gasteiger partial charge is 0.338 e. The lowest BCUT2D eigenvalue weighted by atomic mass is 9.93. The summed E-state index contributed by atoms with van der Waals surface area (Å²) >= 11 is 2.84. The van der Waals surface area contributed by atoms with Gasteiger partial charge in [-0.25, -0.2) is 14.6 Å². The molecule has 0 amide bonds. The van der Waals surface area contributed by atoms with Gasteiger partial charge in [0.25, 0.3) is 5.56 Å². The number of carbonyl (C=O) groups is 2. The highest BCUT2D eigenvalue weighted by molar-refractivity contribution is 7.98. The summed E-state index contributed by atoms with van der Waals surface area (Å²) in [6.45, 7) is 1.93. The van der Waals surface area contributed by atoms with Crippen molar-refractivity contribution in [3.05, 3.63) is 139 Å². The molecule has 0 saturated heterocycles. The average molecular weight is 637 g/mol. The Hall–Kier alpha value is -4.93. The number of fused-ring (bicyclic) bond motifs is 1. The summed E-state index contributed by atoms with van der Waals surface area (Å²) in [5.41, 5.74) is 3.19. The van der Waals surface area contributed by atoms with E-state index >= 15 is 0 Å². The number of aromatic nitrogens is 1. The largest absolute Gasteiger partial charge is 0.465 e. The molecule has 45 heavy (non-hydrogen) atoms. The van der Waals surface area contributed by atoms with E-state index in [0.29, 0.717) is 37.7 Å². The maximum absolute atomic E-state index is 14.1. The molecule has 10 heteroatoms. The Morgan fingerprint density at radius 3 is 2.36 bits per heavy atom. The van der Waals surface area contributed by atoms with Crippen molar-refractivity contribution in [2.75, 3.05) is 20.0 Å². The molecular weight excluding hydrogens is 609 g/mol. The predicted octanol–water partition coefficient (Wildman–Crippen LogP) is 5.70. The van der Waals surface area contributed by atoms with Crippen LogP contribution < -0.4 is 14.9 Å². The normalized spacial score (nSPS) is 14.6. The number of esters is 2. The minimum atomic E-state index is -0.756. The van der Waals surface area contributed by atoms with Crippen molar-refractivity contribution < 1.29 is 23.5 Å². The van der Waals surface area contributed by atoms with Gasteiger partial charge in [-0.3, -0.25) is 9.36 Å². The van der Waals surface area contributed by atoms with Crippen LogP contribution in [0, 0.1) is 0 Å². The number of rotatable bonds is 8. The van der Waals surface area contributed by atoms with Gasteiger partial charge in [0.1, 0.15) is 11.5 Å². The van der Waals surface area contributed by atoms with E-state index in [-0.39, 0.29) is 12.2 Å². The molecule has 0 fully saturated rings. The summed E-state index contributed by atoms with van der Waals surface area (Å²) in [5.74, 6) is 0.105. The highest BCUT2D eigenvalue weighted by atomic mass is 32.2. The molecule has 1 aliphatic rings. The molecular formula is C35H28N2O6S2. The molecule has 2 aromatic heterocycles. The van der Waals surface area contributed by atoms with E-state index in [0.717, 1.165) is 21.6 Å². The van der Waals surface area contributed by atoms with E-state index in [9.17, 15) is 14.4 Å². The molecule has 8 nitrogen and oxygen atoms in total. The Morgan fingerprint density at radius 1 is 0.956 bits per heavy atom. The standard InChI is InChI=1S/C35H28N2O6S2/c1-4-42-34(40)29-30(22-8-6-5-7-9-22)36-35-37(31(29)23-14-17-26(44-3)18-15-23)32(38)28(45-35)20-25-16-19-27(43-25)21-10-12-24(13-11-21)33(39)41-2/h5-20,31H,4H2,1-3H3/b28-20-. The van der Waals surface area contributed by atoms with Crippen LogP contribution in [-0.4, -0.2) is 36.5 Å². The first kappa shape index (κ1) is 30.1. The van der Waals surface area contributed by atoms with Crippen LogP contribution in [0.4, 0.5) is 0 Å². The second kappa shape index (κ2) is 13.0. The Balaban J connectivity index is 1.50. The fourth-order valence-electron chi connectivity index (χ4n) is 5.15. The van der Waals surface area contributed by atoms with Crippen molar-refractivity contribution in [2.45, 2.75) is 17.9 Å². The zero-order chi connectivity index (χ0) is 31.5. The number of ether oxygens (including phenoxy) is 2. The summed E-state index contributed by atoms with van der Waals surface area (Å²) in [6.07, 6.45) is 3.67. The van der Waals surface area contributed by atoms with Crippen LogP contribution >= 0.6 is 23.1 Å². The summed E-state index contributed by atoms with van der Waals surface area (Å²) in [5, 5.41) is 0. The van der Waals surface area contributed by atoms with E-state index in [1.807, 2.05) is 60.9 Å². The third-order valence-corrected chi connectivity index (χ3v) is 9.02. The maximum Gasteiger partial charge on any atom is 0.338 e. The molecule has 1 unspecified atom stereocenters. The van der Waals surface area contributed by atoms with Crippen LogP contribution in [-0.2, 0) is 14.3 Å². The van der Waals surface area contributed by atoms with Crippen LogP contribution in [0.25, 0.3) is 23.1 Å². The quantitative estimate of drug-likeness (QED) is 0.159. The first-order valence-corrected chi connectivity index (χ1v) is 16.2. The summed E-state index contributed by atoms with van der Waals surface area (Å²) in [4.78, 5) is 45.9. The number of hydrogen-bond acceptors (Lipinski definition) is 9. The Morgan fingerprint density at radius 2 is 1.69 bits per heavy atom. The number of methoxy groups -OCH3 is 1. The minimum absolute atomic E-state index is 0.180. The molecule has 0 spiro atoms. The monoisotopic (exact) mass is 636 g/mol. The Labute approximate surface area is 267 Å². The number of thioether (sulfide) groups is 1. The molecule has 3 aromatic carbocycles. The van der Waals surface area contributed by atoms with E-state index in [2.05, 4.69) is 0 Å². The van der Waals surface area contributed by atoms with Crippen LogP contribution in [0.1, 0.15) is 40.2 Å². The van der Waals surface area contributed by atoms with Gasteiger partial charge in [0.05, 0.1) is 41.1 Å². The average Bonchev–Trinajstić information content (AvgIpc) is 3.68. The third kappa shape index (κ3) is 5.94. The van der Waals surface area contributed by atoms with Gasteiger partial charge < -0.3 is 13.9 Å². The van der Waals surface area contributed by atoms with Gasteiger partial charge in [-0.15, -0.1) is 11.8 Å². The van der Waals surface area contributed by atoms with Gasteiger partial charge >= 0.3 is 11.9 Å². The fraction of sp³-hybridized carbons (Fsp3) is 0.143. The van der Waals surface area contributed by atoms with Gasteiger partial charge in [-0.1, -0.05) is 65.9 Å².